The van der Waals surface area contributed by atoms with Gasteiger partial charge in [-0.05, 0) is 58.4 Å². The first kappa shape index (κ1) is 17.6. The molecule has 3 heterocycles. The van der Waals surface area contributed by atoms with E-state index in [1.807, 2.05) is 42.5 Å². The van der Waals surface area contributed by atoms with Gasteiger partial charge in [0.1, 0.15) is 0 Å². The lowest BCUT2D eigenvalue weighted by atomic mass is 10.3. The highest BCUT2D eigenvalue weighted by molar-refractivity contribution is 9.11. The molecule has 0 saturated carbocycles. The van der Waals surface area contributed by atoms with Crippen LogP contribution < -0.4 is 4.90 Å². The summed E-state index contributed by atoms with van der Waals surface area (Å²) in [5.74, 6) is -0.100. The van der Waals surface area contributed by atoms with Crippen LogP contribution in [0.2, 0.25) is 5.02 Å². The molecule has 1 amide bonds. The van der Waals surface area contributed by atoms with E-state index in [1.165, 1.54) is 22.7 Å². The SMILES string of the molecule is O=C(c1ccc(Br)s1)N(Cc1ccccn1)c1nc2ccc(Cl)cc2s1. The molecule has 4 aromatic rings. The average molecular weight is 465 g/mol. The lowest BCUT2D eigenvalue weighted by Crippen LogP contribution is -2.30. The molecule has 0 aliphatic heterocycles. The summed E-state index contributed by atoms with van der Waals surface area (Å²) < 4.78 is 1.85. The van der Waals surface area contributed by atoms with Gasteiger partial charge in [-0.3, -0.25) is 14.7 Å². The number of nitrogens with zero attached hydrogens (tertiary/aromatic N) is 3. The van der Waals surface area contributed by atoms with Crippen molar-refractivity contribution in [2.24, 2.45) is 0 Å². The van der Waals surface area contributed by atoms with Crippen LogP contribution in [0, 0.1) is 0 Å². The van der Waals surface area contributed by atoms with Crippen molar-refractivity contribution in [1.82, 2.24) is 9.97 Å². The number of carbonyl (C=O) groups excluding carboxylic acids is 1. The maximum atomic E-state index is 13.1. The van der Waals surface area contributed by atoms with Crippen molar-refractivity contribution in [2.75, 3.05) is 4.90 Å². The number of thiazole rings is 1. The maximum absolute atomic E-state index is 13.1. The van der Waals surface area contributed by atoms with Crippen LogP contribution in [0.15, 0.2) is 58.5 Å². The largest absolute Gasteiger partial charge is 0.277 e. The molecule has 0 aliphatic rings. The number of benzene rings is 1. The van der Waals surface area contributed by atoms with Gasteiger partial charge in [0.15, 0.2) is 5.13 Å². The van der Waals surface area contributed by atoms with Crippen molar-refractivity contribution in [2.45, 2.75) is 6.54 Å². The zero-order valence-corrected chi connectivity index (χ0v) is 17.2. The van der Waals surface area contributed by atoms with Crippen LogP contribution in [0.25, 0.3) is 10.2 Å². The third-order valence-electron chi connectivity index (χ3n) is 3.65. The molecule has 8 heteroatoms. The van der Waals surface area contributed by atoms with E-state index in [0.717, 1.165) is 19.7 Å². The summed E-state index contributed by atoms with van der Waals surface area (Å²) in [6.07, 6.45) is 1.72. The predicted molar refractivity (Wildman–Crippen MR) is 111 cm³/mol. The van der Waals surface area contributed by atoms with E-state index in [-0.39, 0.29) is 5.91 Å². The number of thiophene rings is 1. The minimum atomic E-state index is -0.100. The van der Waals surface area contributed by atoms with Gasteiger partial charge >= 0.3 is 0 Å². The van der Waals surface area contributed by atoms with Crippen molar-refractivity contribution in [1.29, 1.82) is 0 Å². The monoisotopic (exact) mass is 463 g/mol. The Kier molecular flexibility index (Phi) is 5.04. The molecular formula is C18H11BrClN3OS2. The molecule has 0 bridgehead atoms. The zero-order chi connectivity index (χ0) is 18.1. The second-order valence-corrected chi connectivity index (χ2v) is 9.33. The fourth-order valence-electron chi connectivity index (χ4n) is 2.44. The van der Waals surface area contributed by atoms with E-state index in [4.69, 9.17) is 11.6 Å². The summed E-state index contributed by atoms with van der Waals surface area (Å²) in [5, 5.41) is 1.28. The van der Waals surface area contributed by atoms with E-state index in [9.17, 15) is 4.79 Å². The number of hydrogen-bond donors (Lipinski definition) is 0. The summed E-state index contributed by atoms with van der Waals surface area (Å²) in [4.78, 5) is 24.4. The van der Waals surface area contributed by atoms with E-state index < -0.39 is 0 Å². The van der Waals surface area contributed by atoms with E-state index in [0.29, 0.717) is 21.6 Å². The highest BCUT2D eigenvalue weighted by atomic mass is 79.9. The number of carbonyl (C=O) groups is 1. The van der Waals surface area contributed by atoms with Crippen LogP contribution in [0.1, 0.15) is 15.4 Å². The second kappa shape index (κ2) is 7.44. The molecule has 0 unspecified atom stereocenters. The van der Waals surface area contributed by atoms with E-state index in [1.54, 1.807) is 17.2 Å². The Morgan fingerprint density at radius 3 is 2.77 bits per heavy atom. The Morgan fingerprint density at radius 1 is 1.15 bits per heavy atom. The molecule has 1 aromatic carbocycles. The van der Waals surface area contributed by atoms with Gasteiger partial charge in [0.05, 0.1) is 31.1 Å². The molecule has 0 aliphatic carbocycles. The fraction of sp³-hybridized carbons (Fsp3) is 0.0556. The van der Waals surface area contributed by atoms with Crippen molar-refractivity contribution in [3.63, 3.8) is 0 Å². The maximum Gasteiger partial charge on any atom is 0.270 e. The molecule has 0 N–H and O–H groups in total. The standard InChI is InChI=1S/C18H11BrClN3OS2/c19-16-7-6-14(25-16)17(24)23(10-12-3-1-2-8-21-12)18-22-13-5-4-11(20)9-15(13)26-18/h1-9H,10H2. The van der Waals surface area contributed by atoms with Crippen LogP contribution in [-0.2, 0) is 6.54 Å². The molecule has 0 spiro atoms. The Morgan fingerprint density at radius 2 is 2.04 bits per heavy atom. The number of aromatic nitrogens is 2. The van der Waals surface area contributed by atoms with Gasteiger partial charge in [0, 0.05) is 11.2 Å². The average Bonchev–Trinajstić information content (AvgIpc) is 3.25. The number of halogens is 2. The van der Waals surface area contributed by atoms with Crippen molar-refractivity contribution >= 4 is 71.5 Å². The first-order valence-corrected chi connectivity index (χ1v) is 10.4. The Labute approximate surface area is 171 Å². The second-order valence-electron chi connectivity index (χ2n) is 5.42. The summed E-state index contributed by atoms with van der Waals surface area (Å²) >= 11 is 12.3. The van der Waals surface area contributed by atoms with E-state index in [2.05, 4.69) is 25.9 Å². The summed E-state index contributed by atoms with van der Waals surface area (Å²) in [6, 6.07) is 14.9. The lowest BCUT2D eigenvalue weighted by Gasteiger charge is -2.18. The minimum absolute atomic E-state index is 0.100. The molecule has 0 atom stereocenters. The third-order valence-corrected chi connectivity index (χ3v) is 6.53. The van der Waals surface area contributed by atoms with Crippen LogP contribution in [0.5, 0.6) is 0 Å². The molecule has 0 radical (unpaired) electrons. The van der Waals surface area contributed by atoms with Gasteiger partial charge < -0.3 is 0 Å². The van der Waals surface area contributed by atoms with Crippen LogP contribution in [0.3, 0.4) is 0 Å². The number of amides is 1. The van der Waals surface area contributed by atoms with Gasteiger partial charge in [-0.25, -0.2) is 4.98 Å². The smallest absolute Gasteiger partial charge is 0.270 e. The van der Waals surface area contributed by atoms with Crippen LogP contribution in [0.4, 0.5) is 5.13 Å². The molecular weight excluding hydrogens is 454 g/mol. The van der Waals surface area contributed by atoms with E-state index >= 15 is 0 Å². The van der Waals surface area contributed by atoms with Crippen molar-refractivity contribution in [3.05, 3.63) is 74.1 Å². The quantitative estimate of drug-likeness (QED) is 0.371. The Bertz CT molecular complexity index is 1080. The first-order valence-electron chi connectivity index (χ1n) is 7.63. The summed E-state index contributed by atoms with van der Waals surface area (Å²) in [6.45, 7) is 0.350. The number of hydrogen-bond acceptors (Lipinski definition) is 5. The van der Waals surface area contributed by atoms with Gasteiger partial charge in [0.25, 0.3) is 5.91 Å². The molecule has 130 valence electrons. The number of pyridine rings is 1. The molecule has 26 heavy (non-hydrogen) atoms. The number of rotatable bonds is 4. The molecule has 0 saturated heterocycles. The van der Waals surface area contributed by atoms with Crippen molar-refractivity contribution < 1.29 is 4.79 Å². The number of fused-ring (bicyclic) bond motifs is 1. The topological polar surface area (TPSA) is 46.1 Å². The molecule has 0 fully saturated rings. The predicted octanol–water partition coefficient (Wildman–Crippen LogP) is 6.02. The molecule has 4 rings (SSSR count). The van der Waals surface area contributed by atoms with Gasteiger partial charge in [-0.2, -0.15) is 0 Å². The van der Waals surface area contributed by atoms with Crippen LogP contribution >= 0.6 is 50.2 Å². The highest BCUT2D eigenvalue weighted by Gasteiger charge is 2.23. The Hall–Kier alpha value is -1.80. The highest BCUT2D eigenvalue weighted by Crippen LogP contribution is 2.33. The third kappa shape index (κ3) is 3.66. The fourth-order valence-corrected chi connectivity index (χ4v) is 5.02. The molecule has 3 aromatic heterocycles. The minimum Gasteiger partial charge on any atom is -0.277 e. The molecule has 4 nitrogen and oxygen atoms in total. The lowest BCUT2D eigenvalue weighted by molar-refractivity contribution is 0.0988. The van der Waals surface area contributed by atoms with Gasteiger partial charge in [-0.1, -0.05) is 29.0 Å². The van der Waals surface area contributed by atoms with Gasteiger partial charge in [-0.15, -0.1) is 11.3 Å². The number of anilines is 1. The van der Waals surface area contributed by atoms with Gasteiger partial charge in [0.2, 0.25) is 0 Å². The van der Waals surface area contributed by atoms with Crippen molar-refractivity contribution in [3.8, 4) is 0 Å². The Balaban J connectivity index is 1.76. The normalized spacial score (nSPS) is 11.0. The van der Waals surface area contributed by atoms with Crippen LogP contribution in [-0.4, -0.2) is 15.9 Å². The summed E-state index contributed by atoms with van der Waals surface area (Å²) in [5.41, 5.74) is 1.62. The zero-order valence-electron chi connectivity index (χ0n) is 13.2. The first-order chi connectivity index (χ1) is 12.6. The summed E-state index contributed by atoms with van der Waals surface area (Å²) in [7, 11) is 0.